The molecule has 1 heterocycles. The molecule has 2 aromatic carbocycles. The van der Waals surface area contributed by atoms with Crippen LogP contribution in [0.3, 0.4) is 0 Å². The summed E-state index contributed by atoms with van der Waals surface area (Å²) in [4.78, 5) is 25.8. The molecule has 0 aliphatic carbocycles. The topological polar surface area (TPSA) is 58.6 Å². The van der Waals surface area contributed by atoms with Crippen molar-refractivity contribution in [1.29, 1.82) is 0 Å². The maximum absolute atomic E-state index is 13.0. The molecule has 172 valence electrons. The molecular weight excluding hydrogens is 442 g/mol. The summed E-state index contributed by atoms with van der Waals surface area (Å²) in [5, 5.41) is 2.63. The number of anilines is 1. The lowest BCUT2D eigenvalue weighted by atomic mass is 10.0. The van der Waals surface area contributed by atoms with E-state index >= 15 is 0 Å². The third kappa shape index (κ3) is 5.51. The van der Waals surface area contributed by atoms with Crippen molar-refractivity contribution in [2.75, 3.05) is 19.0 Å². The van der Waals surface area contributed by atoms with Gasteiger partial charge in [0.25, 0.3) is 0 Å². The van der Waals surface area contributed by atoms with E-state index in [1.807, 2.05) is 0 Å². The van der Waals surface area contributed by atoms with E-state index in [4.69, 9.17) is 4.74 Å². The van der Waals surface area contributed by atoms with E-state index in [9.17, 15) is 35.9 Å². The summed E-state index contributed by atoms with van der Waals surface area (Å²) in [5.41, 5.74) is -2.78. The summed E-state index contributed by atoms with van der Waals surface area (Å²) in [6, 6.07) is 7.60. The van der Waals surface area contributed by atoms with Crippen molar-refractivity contribution in [1.82, 2.24) is 4.90 Å². The average molecular weight is 460 g/mol. The highest BCUT2D eigenvalue weighted by Gasteiger charge is 2.38. The number of carbonyl (C=O) groups is 2. The molecule has 1 N–H and O–H groups in total. The number of hydrogen-bond acceptors (Lipinski definition) is 3. The summed E-state index contributed by atoms with van der Waals surface area (Å²) in [5.74, 6) is -1.24. The van der Waals surface area contributed by atoms with Gasteiger partial charge in [0, 0.05) is 25.2 Å². The first-order valence-corrected chi connectivity index (χ1v) is 9.38. The van der Waals surface area contributed by atoms with Crippen LogP contribution in [-0.2, 0) is 28.5 Å². The maximum Gasteiger partial charge on any atom is 0.416 e. The summed E-state index contributed by atoms with van der Waals surface area (Å²) in [7, 11) is 1.48. The first-order valence-electron chi connectivity index (χ1n) is 9.38. The molecule has 0 radical (unpaired) electrons. The molecule has 5 nitrogen and oxygen atoms in total. The molecule has 0 aromatic heterocycles. The number of hydrogen-bond donors (Lipinski definition) is 1. The summed E-state index contributed by atoms with van der Waals surface area (Å²) in [6.07, 6.45) is -10.2. The second-order valence-corrected chi connectivity index (χ2v) is 7.31. The maximum atomic E-state index is 13.0. The van der Waals surface area contributed by atoms with Gasteiger partial charge in [-0.1, -0.05) is 0 Å². The monoisotopic (exact) mass is 460 g/mol. The SMILES string of the molecule is COc1ccc(NC(=O)[C@H]2CC(=O)N(Cc3cc(C(F)(F)F)cc(C(F)(F)F)c3)C2)cc1. The van der Waals surface area contributed by atoms with E-state index in [0.29, 0.717) is 23.6 Å². The van der Waals surface area contributed by atoms with Crippen molar-refractivity contribution in [3.8, 4) is 5.75 Å². The molecule has 32 heavy (non-hydrogen) atoms. The van der Waals surface area contributed by atoms with E-state index in [-0.39, 0.29) is 24.6 Å². The van der Waals surface area contributed by atoms with E-state index < -0.39 is 47.8 Å². The third-order valence-corrected chi connectivity index (χ3v) is 4.96. The number of amides is 2. The number of carbonyl (C=O) groups excluding carboxylic acids is 2. The van der Waals surface area contributed by atoms with Crippen molar-refractivity contribution in [2.45, 2.75) is 25.3 Å². The van der Waals surface area contributed by atoms with Crippen molar-refractivity contribution in [3.63, 3.8) is 0 Å². The summed E-state index contributed by atoms with van der Waals surface area (Å²) in [6.45, 7) is -0.601. The fourth-order valence-electron chi connectivity index (χ4n) is 3.35. The first-order chi connectivity index (χ1) is 14.9. The van der Waals surface area contributed by atoms with Crippen LogP contribution in [0.1, 0.15) is 23.1 Å². The lowest BCUT2D eigenvalue weighted by molar-refractivity contribution is -0.143. The molecule has 2 amide bonds. The Morgan fingerprint density at radius 1 is 1.03 bits per heavy atom. The Labute approximate surface area is 179 Å². The van der Waals surface area contributed by atoms with Gasteiger partial charge in [-0.25, -0.2) is 0 Å². The molecule has 0 spiro atoms. The molecule has 0 saturated carbocycles. The Morgan fingerprint density at radius 2 is 1.59 bits per heavy atom. The van der Waals surface area contributed by atoms with Gasteiger partial charge in [0.05, 0.1) is 24.2 Å². The molecule has 1 aliphatic heterocycles. The van der Waals surface area contributed by atoms with Gasteiger partial charge in [-0.3, -0.25) is 9.59 Å². The number of nitrogens with one attached hydrogen (secondary N) is 1. The van der Waals surface area contributed by atoms with Gasteiger partial charge < -0.3 is 15.0 Å². The van der Waals surface area contributed by atoms with Gasteiger partial charge in [0.1, 0.15) is 5.75 Å². The Kier molecular flexibility index (Phi) is 6.38. The van der Waals surface area contributed by atoms with E-state index in [1.54, 1.807) is 24.3 Å². The van der Waals surface area contributed by atoms with Crippen LogP contribution >= 0.6 is 0 Å². The van der Waals surface area contributed by atoms with Crippen molar-refractivity contribution in [2.24, 2.45) is 5.92 Å². The highest BCUT2D eigenvalue weighted by molar-refractivity contribution is 5.97. The van der Waals surface area contributed by atoms with Crippen molar-refractivity contribution in [3.05, 3.63) is 59.2 Å². The Bertz CT molecular complexity index is 970. The van der Waals surface area contributed by atoms with Gasteiger partial charge in [-0.2, -0.15) is 26.3 Å². The Hall–Kier alpha value is -3.24. The number of likely N-dealkylation sites (tertiary alicyclic amines) is 1. The van der Waals surface area contributed by atoms with Gasteiger partial charge in [0.2, 0.25) is 11.8 Å². The molecule has 11 heteroatoms. The van der Waals surface area contributed by atoms with Gasteiger partial charge in [0.15, 0.2) is 0 Å². The Morgan fingerprint density at radius 3 is 2.09 bits per heavy atom. The second-order valence-electron chi connectivity index (χ2n) is 7.31. The number of rotatable bonds is 5. The van der Waals surface area contributed by atoms with E-state index in [1.165, 1.54) is 7.11 Å². The zero-order chi connectivity index (χ0) is 23.7. The number of methoxy groups -OCH3 is 1. The van der Waals surface area contributed by atoms with E-state index in [2.05, 4.69) is 5.32 Å². The second kappa shape index (κ2) is 8.71. The first kappa shape index (κ1) is 23.4. The predicted octanol–water partition coefficient (Wildman–Crippen LogP) is 4.72. The largest absolute Gasteiger partial charge is 0.497 e. The number of nitrogens with zero attached hydrogens (tertiary/aromatic N) is 1. The number of benzene rings is 2. The minimum atomic E-state index is -4.98. The molecule has 2 aromatic rings. The van der Waals surface area contributed by atoms with Crippen LogP contribution in [0.15, 0.2) is 42.5 Å². The highest BCUT2D eigenvalue weighted by atomic mass is 19.4. The molecule has 1 aliphatic rings. The predicted molar refractivity (Wildman–Crippen MR) is 102 cm³/mol. The molecule has 1 saturated heterocycles. The fraction of sp³-hybridized carbons (Fsp3) is 0.333. The van der Waals surface area contributed by atoms with Crippen LogP contribution in [0.25, 0.3) is 0 Å². The summed E-state index contributed by atoms with van der Waals surface area (Å²) >= 11 is 0. The van der Waals surface area contributed by atoms with Crippen molar-refractivity contribution < 1.29 is 40.7 Å². The third-order valence-electron chi connectivity index (χ3n) is 4.96. The molecule has 3 rings (SSSR count). The molecule has 1 atom stereocenters. The van der Waals surface area contributed by atoms with Gasteiger partial charge in [-0.15, -0.1) is 0 Å². The standard InChI is InChI=1S/C21H18F6N2O3/c1-32-17-4-2-16(3-5-17)28-19(31)13-8-18(30)29(11-13)10-12-6-14(20(22,23)24)9-15(7-12)21(25,26)27/h2-7,9,13H,8,10-11H2,1H3,(H,28,31)/t13-/m0/s1. The normalized spacial score (nSPS) is 16.9. The molecule has 1 fully saturated rings. The zero-order valence-corrected chi connectivity index (χ0v) is 16.7. The molecule has 0 unspecified atom stereocenters. The molecular formula is C21H18F6N2O3. The average Bonchev–Trinajstić information content (AvgIpc) is 3.07. The molecule has 0 bridgehead atoms. The summed E-state index contributed by atoms with van der Waals surface area (Å²) < 4.78 is 83.3. The highest BCUT2D eigenvalue weighted by Crippen LogP contribution is 2.37. The lowest BCUT2D eigenvalue weighted by Gasteiger charge is -2.19. The fourth-order valence-corrected chi connectivity index (χ4v) is 3.35. The number of halogens is 6. The van der Waals surface area contributed by atoms with Crippen LogP contribution in [-0.4, -0.2) is 30.4 Å². The van der Waals surface area contributed by atoms with Crippen LogP contribution < -0.4 is 10.1 Å². The quantitative estimate of drug-likeness (QED) is 0.657. The van der Waals surface area contributed by atoms with Crippen LogP contribution in [0.5, 0.6) is 5.75 Å². The number of alkyl halides is 6. The van der Waals surface area contributed by atoms with Crippen LogP contribution in [0.4, 0.5) is 32.0 Å². The van der Waals surface area contributed by atoms with Gasteiger partial charge >= 0.3 is 12.4 Å². The van der Waals surface area contributed by atoms with E-state index in [0.717, 1.165) is 4.90 Å². The minimum absolute atomic E-state index is 0.0282. The zero-order valence-electron chi connectivity index (χ0n) is 16.7. The van der Waals surface area contributed by atoms with Gasteiger partial charge in [-0.05, 0) is 48.0 Å². The van der Waals surface area contributed by atoms with Crippen molar-refractivity contribution >= 4 is 17.5 Å². The van der Waals surface area contributed by atoms with Crippen LogP contribution in [0.2, 0.25) is 0 Å². The number of ether oxygens (including phenoxy) is 1. The lowest BCUT2D eigenvalue weighted by Crippen LogP contribution is -2.28. The van der Waals surface area contributed by atoms with Crippen LogP contribution in [0, 0.1) is 5.92 Å². The minimum Gasteiger partial charge on any atom is -0.497 e. The smallest absolute Gasteiger partial charge is 0.416 e. The Balaban J connectivity index is 1.73.